The Morgan fingerprint density at radius 3 is 2.28 bits per heavy atom. The molecule has 0 aliphatic heterocycles. The summed E-state index contributed by atoms with van der Waals surface area (Å²) >= 11 is 0. The second-order valence-electron chi connectivity index (χ2n) is 8.93. The van der Waals surface area contributed by atoms with Gasteiger partial charge in [-0.2, -0.15) is 0 Å². The molecule has 3 nitrogen and oxygen atoms in total. The van der Waals surface area contributed by atoms with Gasteiger partial charge in [-0.1, -0.05) is 80.6 Å². The van der Waals surface area contributed by atoms with Crippen molar-refractivity contribution in [3.8, 4) is 11.6 Å². The second-order valence-corrected chi connectivity index (χ2v) is 8.93. The number of hydrogen-bond acceptors (Lipinski definition) is 3. The topological polar surface area (TPSA) is 31.4 Å². The Morgan fingerprint density at radius 1 is 0.969 bits per heavy atom. The molecule has 1 aromatic heterocycles. The number of ether oxygens (including phenoxy) is 2. The molecule has 1 aliphatic rings. The number of hydrogen-bond donors (Lipinski definition) is 0. The van der Waals surface area contributed by atoms with E-state index < -0.39 is 0 Å². The molecule has 32 heavy (non-hydrogen) atoms. The van der Waals surface area contributed by atoms with Crippen molar-refractivity contribution in [2.75, 3.05) is 0 Å². The molecule has 4 rings (SSSR count). The first-order chi connectivity index (χ1) is 15.6. The first kappa shape index (κ1) is 22.1. The fraction of sp³-hybridized carbons (Fsp3) is 0.345. The maximum Gasteiger partial charge on any atom is 0.225 e. The van der Waals surface area contributed by atoms with Gasteiger partial charge in [-0.3, -0.25) is 0 Å². The summed E-state index contributed by atoms with van der Waals surface area (Å²) in [7, 11) is 0. The zero-order valence-corrected chi connectivity index (χ0v) is 19.2. The Morgan fingerprint density at radius 2 is 1.62 bits per heavy atom. The summed E-state index contributed by atoms with van der Waals surface area (Å²) in [6, 6.07) is 22.7. The van der Waals surface area contributed by atoms with Gasteiger partial charge in [0.2, 0.25) is 5.88 Å². The fourth-order valence-corrected chi connectivity index (χ4v) is 4.38. The second kappa shape index (κ2) is 10.5. The van der Waals surface area contributed by atoms with Gasteiger partial charge >= 0.3 is 0 Å². The van der Waals surface area contributed by atoms with Crippen LogP contribution in [0.4, 0.5) is 0 Å². The lowest BCUT2D eigenvalue weighted by molar-refractivity contribution is 0.101. The van der Waals surface area contributed by atoms with Crippen LogP contribution in [0.25, 0.3) is 5.57 Å². The molecule has 0 N–H and O–H groups in total. The minimum absolute atomic E-state index is 0.218. The number of nitrogens with zero attached hydrogens (tertiary/aromatic N) is 1. The van der Waals surface area contributed by atoms with E-state index in [1.807, 2.05) is 31.2 Å². The van der Waals surface area contributed by atoms with E-state index in [0.717, 1.165) is 41.0 Å². The number of aromatic nitrogens is 1. The van der Waals surface area contributed by atoms with Crippen LogP contribution in [-0.4, -0.2) is 11.1 Å². The Hall–Kier alpha value is -3.07. The molecule has 0 amide bonds. The van der Waals surface area contributed by atoms with Crippen molar-refractivity contribution in [1.82, 2.24) is 4.98 Å². The van der Waals surface area contributed by atoms with Crippen LogP contribution in [0.1, 0.15) is 61.9 Å². The van der Waals surface area contributed by atoms with Gasteiger partial charge in [0.25, 0.3) is 0 Å². The summed E-state index contributed by atoms with van der Waals surface area (Å²) in [4.78, 5) is 4.91. The molecule has 0 bridgehead atoms. The van der Waals surface area contributed by atoms with Crippen molar-refractivity contribution >= 4 is 5.57 Å². The number of pyridine rings is 1. The standard InChI is InChI=1S/C29H33NO2/c1-21(2)28-27(32-26-17-11-10-12-22(26)3)19-25(18-23-13-6-4-7-14-23)30-29(28)31-20-24-15-8-5-9-16-24/h4-9,13-16,19,22,26H,1,10-12,17-18,20H2,2-3H3. The van der Waals surface area contributed by atoms with Gasteiger partial charge in [0.15, 0.2) is 0 Å². The lowest BCUT2D eigenvalue weighted by Crippen LogP contribution is -2.28. The van der Waals surface area contributed by atoms with E-state index in [1.54, 1.807) is 0 Å². The molecular weight excluding hydrogens is 394 g/mol. The average molecular weight is 428 g/mol. The highest BCUT2D eigenvalue weighted by atomic mass is 16.5. The number of rotatable bonds is 8. The molecule has 0 radical (unpaired) electrons. The third-order valence-electron chi connectivity index (χ3n) is 6.19. The van der Waals surface area contributed by atoms with Gasteiger partial charge in [0, 0.05) is 12.5 Å². The molecule has 1 heterocycles. The highest BCUT2D eigenvalue weighted by molar-refractivity contribution is 5.71. The SMILES string of the molecule is C=C(C)c1c(OC2CCCCC2C)cc(Cc2ccccc2)nc1OCc1ccccc1. The van der Waals surface area contributed by atoms with E-state index in [0.29, 0.717) is 18.4 Å². The predicted molar refractivity (Wildman–Crippen MR) is 131 cm³/mol. The molecule has 1 saturated carbocycles. The zero-order valence-electron chi connectivity index (χ0n) is 19.2. The summed E-state index contributed by atoms with van der Waals surface area (Å²) < 4.78 is 12.9. The third-order valence-corrected chi connectivity index (χ3v) is 6.19. The van der Waals surface area contributed by atoms with E-state index in [1.165, 1.54) is 24.8 Å². The molecule has 1 fully saturated rings. The minimum atomic E-state index is 0.218. The van der Waals surface area contributed by atoms with E-state index >= 15 is 0 Å². The van der Waals surface area contributed by atoms with Crippen molar-refractivity contribution in [1.29, 1.82) is 0 Å². The van der Waals surface area contributed by atoms with Gasteiger partial charge in [0.05, 0.1) is 11.3 Å². The maximum absolute atomic E-state index is 6.65. The van der Waals surface area contributed by atoms with Crippen LogP contribution in [0, 0.1) is 5.92 Å². The molecule has 2 aromatic carbocycles. The van der Waals surface area contributed by atoms with Crippen LogP contribution < -0.4 is 9.47 Å². The molecule has 0 saturated heterocycles. The van der Waals surface area contributed by atoms with Gasteiger partial charge in [0.1, 0.15) is 18.5 Å². The summed E-state index contributed by atoms with van der Waals surface area (Å²) in [5.41, 5.74) is 5.07. The van der Waals surface area contributed by atoms with Crippen molar-refractivity contribution < 1.29 is 9.47 Å². The summed E-state index contributed by atoms with van der Waals surface area (Å²) in [5, 5.41) is 0. The largest absolute Gasteiger partial charge is 0.489 e. The normalized spacial score (nSPS) is 18.2. The van der Waals surface area contributed by atoms with E-state index in [9.17, 15) is 0 Å². The Bertz CT molecular complexity index is 1030. The minimum Gasteiger partial charge on any atom is -0.489 e. The highest BCUT2D eigenvalue weighted by Crippen LogP contribution is 2.37. The van der Waals surface area contributed by atoms with Crippen molar-refractivity contribution in [3.63, 3.8) is 0 Å². The molecule has 2 unspecified atom stereocenters. The third kappa shape index (κ3) is 5.59. The number of allylic oxidation sites excluding steroid dienone is 1. The van der Waals surface area contributed by atoms with Crippen LogP contribution in [0.2, 0.25) is 0 Å². The molecule has 1 aliphatic carbocycles. The lowest BCUT2D eigenvalue weighted by Gasteiger charge is -2.30. The summed E-state index contributed by atoms with van der Waals surface area (Å²) in [6.45, 7) is 8.98. The molecule has 3 aromatic rings. The van der Waals surface area contributed by atoms with Crippen LogP contribution in [0.3, 0.4) is 0 Å². The van der Waals surface area contributed by atoms with Crippen LogP contribution in [0.5, 0.6) is 11.6 Å². The van der Waals surface area contributed by atoms with E-state index in [-0.39, 0.29) is 6.10 Å². The van der Waals surface area contributed by atoms with E-state index in [2.05, 4.69) is 56.0 Å². The number of benzene rings is 2. The Balaban J connectivity index is 1.69. The van der Waals surface area contributed by atoms with Crippen LogP contribution in [-0.2, 0) is 13.0 Å². The van der Waals surface area contributed by atoms with Crippen LogP contribution >= 0.6 is 0 Å². The monoisotopic (exact) mass is 427 g/mol. The summed E-state index contributed by atoms with van der Waals surface area (Å²) in [5.74, 6) is 2.00. The smallest absolute Gasteiger partial charge is 0.225 e. The van der Waals surface area contributed by atoms with Gasteiger partial charge < -0.3 is 9.47 Å². The van der Waals surface area contributed by atoms with Gasteiger partial charge in [-0.25, -0.2) is 4.98 Å². The predicted octanol–water partition coefficient (Wildman–Crippen LogP) is 7.24. The highest BCUT2D eigenvalue weighted by Gasteiger charge is 2.26. The van der Waals surface area contributed by atoms with Gasteiger partial charge in [-0.05, 0) is 48.8 Å². The van der Waals surface area contributed by atoms with Crippen molar-refractivity contribution in [2.24, 2.45) is 5.92 Å². The quantitative estimate of drug-likeness (QED) is 0.380. The molecule has 2 atom stereocenters. The van der Waals surface area contributed by atoms with Gasteiger partial charge in [-0.15, -0.1) is 0 Å². The molecular formula is C29H33NO2. The van der Waals surface area contributed by atoms with Crippen molar-refractivity contribution in [3.05, 3.63) is 95.7 Å². The summed E-state index contributed by atoms with van der Waals surface area (Å²) in [6.07, 6.45) is 5.76. The first-order valence-electron chi connectivity index (χ1n) is 11.7. The Labute approximate surface area is 192 Å². The van der Waals surface area contributed by atoms with Crippen LogP contribution in [0.15, 0.2) is 73.3 Å². The zero-order chi connectivity index (χ0) is 22.3. The Kier molecular flexibility index (Phi) is 7.26. The fourth-order valence-electron chi connectivity index (χ4n) is 4.38. The maximum atomic E-state index is 6.65. The molecule has 0 spiro atoms. The first-order valence-corrected chi connectivity index (χ1v) is 11.7. The lowest BCUT2D eigenvalue weighted by atomic mass is 9.88. The van der Waals surface area contributed by atoms with Crippen molar-refractivity contribution in [2.45, 2.75) is 58.7 Å². The molecule has 166 valence electrons. The molecule has 3 heteroatoms. The van der Waals surface area contributed by atoms with E-state index in [4.69, 9.17) is 14.5 Å². The average Bonchev–Trinajstić information content (AvgIpc) is 2.80.